The van der Waals surface area contributed by atoms with Crippen molar-refractivity contribution >= 4 is 49.8 Å². The van der Waals surface area contributed by atoms with Crippen LogP contribution in [0, 0.1) is 0 Å². The van der Waals surface area contributed by atoms with Crippen molar-refractivity contribution in [2.75, 3.05) is 0 Å². The first-order valence-electron chi connectivity index (χ1n) is 9.30. The van der Waals surface area contributed by atoms with Gasteiger partial charge in [0.2, 0.25) is 0 Å². The van der Waals surface area contributed by atoms with Gasteiger partial charge in [-0.15, -0.1) is 0 Å². The minimum atomic E-state index is -3.23. The molecule has 0 saturated carbocycles. The van der Waals surface area contributed by atoms with Crippen LogP contribution in [0.1, 0.15) is 0 Å². The molecule has 0 aromatic heterocycles. The van der Waals surface area contributed by atoms with Crippen molar-refractivity contribution in [2.24, 2.45) is 4.52 Å². The summed E-state index contributed by atoms with van der Waals surface area (Å²) in [6.07, 6.45) is 0. The van der Waals surface area contributed by atoms with Gasteiger partial charge in [0.1, 0.15) is 0 Å². The van der Waals surface area contributed by atoms with Crippen molar-refractivity contribution in [1.82, 2.24) is 0 Å². The van der Waals surface area contributed by atoms with Gasteiger partial charge in [-0.05, 0) is 0 Å². The van der Waals surface area contributed by atoms with Crippen LogP contribution < -0.4 is 21.2 Å². The van der Waals surface area contributed by atoms with Crippen LogP contribution in [0.2, 0.25) is 0 Å². The maximum absolute atomic E-state index is 14.6. The molecule has 0 radical (unpaired) electrons. The second-order valence-electron chi connectivity index (χ2n) is 6.58. The van der Waals surface area contributed by atoms with Gasteiger partial charge in [-0.2, -0.15) is 0 Å². The summed E-state index contributed by atoms with van der Waals surface area (Å²) in [7, 11) is -3.23. The molecule has 144 valence electrons. The standard InChI is InChI=1S/C24H20NOP2Se/c26-27(21-13-5-1-6-14-21,22-15-7-2-8-16-22)25-28(29,23-17-9-3-10-18-23)24-19-11-4-12-20-24/h1-20H/q-1. The van der Waals surface area contributed by atoms with Crippen molar-refractivity contribution in [2.45, 2.75) is 0 Å². The van der Waals surface area contributed by atoms with Crippen LogP contribution >= 0.6 is 13.0 Å². The van der Waals surface area contributed by atoms with Crippen molar-refractivity contribution in [3.8, 4) is 0 Å². The number of hydrogen-bond acceptors (Lipinski definition) is 1. The zero-order valence-corrected chi connectivity index (χ0v) is 19.2. The van der Waals surface area contributed by atoms with E-state index in [2.05, 4.69) is 39.8 Å². The summed E-state index contributed by atoms with van der Waals surface area (Å²) >= 11 is 3.39. The van der Waals surface area contributed by atoms with E-state index in [9.17, 15) is 4.57 Å². The molecule has 4 rings (SSSR count). The van der Waals surface area contributed by atoms with E-state index in [0.717, 1.165) is 21.2 Å². The molecule has 0 amide bonds. The van der Waals surface area contributed by atoms with Crippen molar-refractivity contribution < 1.29 is 4.57 Å². The Balaban J connectivity index is 2.06. The number of rotatable bonds is 5. The summed E-state index contributed by atoms with van der Waals surface area (Å²) in [6.45, 7) is 0. The van der Waals surface area contributed by atoms with E-state index in [1.807, 2.05) is 97.1 Å². The second kappa shape index (κ2) is 8.70. The Kier molecular flexibility index (Phi) is 6.04. The molecule has 29 heavy (non-hydrogen) atoms. The average Bonchev–Trinajstić information content (AvgIpc) is 2.81. The minimum absolute atomic E-state index is 0.748. The monoisotopic (exact) mass is 480 g/mol. The van der Waals surface area contributed by atoms with Gasteiger partial charge in [0, 0.05) is 0 Å². The first-order valence-corrected chi connectivity index (χ1v) is 14.9. The van der Waals surface area contributed by atoms with Gasteiger partial charge in [0.25, 0.3) is 0 Å². The maximum atomic E-state index is 14.6. The summed E-state index contributed by atoms with van der Waals surface area (Å²) in [5, 5.41) is 3.63. The van der Waals surface area contributed by atoms with Gasteiger partial charge in [-0.3, -0.25) is 0 Å². The summed E-state index contributed by atoms with van der Waals surface area (Å²) in [5.74, 6) is -2.39. The molecule has 2 nitrogen and oxygen atoms in total. The van der Waals surface area contributed by atoms with Crippen molar-refractivity contribution in [3.05, 3.63) is 121 Å². The fourth-order valence-electron chi connectivity index (χ4n) is 3.20. The van der Waals surface area contributed by atoms with E-state index in [-0.39, 0.29) is 0 Å². The molecular weight excluding hydrogens is 459 g/mol. The van der Waals surface area contributed by atoms with E-state index in [4.69, 9.17) is 4.52 Å². The van der Waals surface area contributed by atoms with Crippen LogP contribution in [0.5, 0.6) is 0 Å². The molecule has 0 saturated heterocycles. The molecule has 0 spiro atoms. The Labute approximate surface area is 179 Å². The SMILES string of the molecule is O=P(N=P([Se-])(c1ccccc1)c1ccccc1)(c1ccccc1)c1ccccc1. The molecule has 0 aliphatic rings. The molecule has 5 heteroatoms. The zero-order valence-electron chi connectivity index (χ0n) is 15.7. The number of hydrogen-bond donors (Lipinski definition) is 0. The Morgan fingerprint density at radius 3 is 1.07 bits per heavy atom. The molecule has 4 aromatic carbocycles. The molecule has 0 N–H and O–H groups in total. The van der Waals surface area contributed by atoms with Gasteiger partial charge in [-0.1, -0.05) is 0 Å². The number of nitrogens with zero attached hydrogens (tertiary/aromatic N) is 1. The summed E-state index contributed by atoms with van der Waals surface area (Å²) in [5.41, 5.74) is 0. The van der Waals surface area contributed by atoms with Crippen LogP contribution in [-0.2, 0) is 4.57 Å². The topological polar surface area (TPSA) is 29.4 Å². The van der Waals surface area contributed by atoms with E-state index in [0.29, 0.717) is 0 Å². The van der Waals surface area contributed by atoms with Gasteiger partial charge >= 0.3 is 180 Å². The van der Waals surface area contributed by atoms with Gasteiger partial charge in [0.05, 0.1) is 0 Å². The molecule has 0 heterocycles. The molecule has 4 aromatic rings. The Hall–Kier alpha value is -2.14. The fraction of sp³-hybridized carbons (Fsp3) is 0. The molecule has 0 fully saturated rings. The van der Waals surface area contributed by atoms with E-state index in [1.54, 1.807) is 0 Å². The molecule has 0 bridgehead atoms. The zero-order chi connectivity index (χ0) is 20.2. The quantitative estimate of drug-likeness (QED) is 0.297. The van der Waals surface area contributed by atoms with Crippen LogP contribution in [0.25, 0.3) is 0 Å². The van der Waals surface area contributed by atoms with Crippen molar-refractivity contribution in [1.29, 1.82) is 0 Å². The van der Waals surface area contributed by atoms with Crippen LogP contribution in [-0.4, -0.2) is 15.6 Å². The summed E-state index contributed by atoms with van der Waals surface area (Å²) in [4.78, 5) is 0. The van der Waals surface area contributed by atoms with Gasteiger partial charge < -0.3 is 0 Å². The predicted molar refractivity (Wildman–Crippen MR) is 127 cm³/mol. The van der Waals surface area contributed by atoms with Crippen molar-refractivity contribution in [3.63, 3.8) is 0 Å². The average molecular weight is 479 g/mol. The van der Waals surface area contributed by atoms with E-state index >= 15 is 0 Å². The van der Waals surface area contributed by atoms with E-state index < -0.39 is 13.0 Å². The molecule has 0 unspecified atom stereocenters. The molecule has 0 aliphatic heterocycles. The Bertz CT molecular complexity index is 1090. The van der Waals surface area contributed by atoms with Crippen LogP contribution in [0.3, 0.4) is 0 Å². The number of benzene rings is 4. The second-order valence-corrected chi connectivity index (χ2v) is 15.0. The van der Waals surface area contributed by atoms with Crippen LogP contribution in [0.4, 0.5) is 0 Å². The normalized spacial score (nSPS) is 11.8. The molecule has 0 aliphatic carbocycles. The first-order chi connectivity index (χ1) is 14.1. The Morgan fingerprint density at radius 2 is 0.759 bits per heavy atom. The summed E-state index contributed by atoms with van der Waals surface area (Å²) in [6, 6.07) is 39.5. The van der Waals surface area contributed by atoms with Gasteiger partial charge in [-0.25, -0.2) is 0 Å². The predicted octanol–water partition coefficient (Wildman–Crippen LogP) is 4.85. The third-order valence-corrected chi connectivity index (χ3v) is 14.7. The third-order valence-electron chi connectivity index (χ3n) is 4.68. The molecular formula is C24H20NOP2Se-. The molecule has 0 atom stereocenters. The third kappa shape index (κ3) is 4.11. The van der Waals surface area contributed by atoms with E-state index in [1.165, 1.54) is 0 Å². The van der Waals surface area contributed by atoms with Gasteiger partial charge in [0.15, 0.2) is 0 Å². The first kappa shape index (κ1) is 20.1. The fourth-order valence-corrected chi connectivity index (χ4v) is 12.6. The summed E-state index contributed by atoms with van der Waals surface area (Å²) < 4.78 is 19.9. The Morgan fingerprint density at radius 1 is 0.483 bits per heavy atom. The van der Waals surface area contributed by atoms with Crippen LogP contribution in [0.15, 0.2) is 126 Å².